The number of nitro benzene ring substituents is 1. The van der Waals surface area contributed by atoms with Gasteiger partial charge in [-0.1, -0.05) is 20.8 Å². The fraction of sp³-hybridized carbons (Fsp3) is 0.500. The van der Waals surface area contributed by atoms with E-state index in [0.717, 1.165) is 6.07 Å². The molecular weight excluding hydrogens is 276 g/mol. The average molecular weight is 296 g/mol. The predicted molar refractivity (Wildman–Crippen MR) is 78.6 cm³/mol. The number of anilines is 1. The Morgan fingerprint density at radius 1 is 1.43 bits per heavy atom. The number of rotatable bonds is 6. The monoisotopic (exact) mass is 296 g/mol. The van der Waals surface area contributed by atoms with Crippen LogP contribution in [0.25, 0.3) is 0 Å². The Kier molecular flexibility index (Phi) is 5.26. The number of carbonyl (C=O) groups is 1. The Bertz CT molecular complexity index is 537. The van der Waals surface area contributed by atoms with Crippen LogP contribution in [0, 0.1) is 15.5 Å². The summed E-state index contributed by atoms with van der Waals surface area (Å²) in [4.78, 5) is 21.5. The van der Waals surface area contributed by atoms with Crippen molar-refractivity contribution < 1.29 is 19.9 Å². The molecule has 21 heavy (non-hydrogen) atoms. The van der Waals surface area contributed by atoms with Crippen molar-refractivity contribution in [3.63, 3.8) is 0 Å². The first-order valence-electron chi connectivity index (χ1n) is 6.56. The van der Waals surface area contributed by atoms with Crippen LogP contribution in [0.3, 0.4) is 0 Å². The standard InChI is InChI=1S/C14H20N2O5/c1-14(2,3)12(6-7-17)15-11-8-9(16(20)21)4-5-10(11)13(18)19/h4-5,8,12,15,17H,6-7H2,1-3H3,(H,18,19). The molecule has 0 radical (unpaired) electrons. The van der Waals surface area contributed by atoms with Crippen molar-refractivity contribution in [1.82, 2.24) is 0 Å². The third-order valence-electron chi connectivity index (χ3n) is 3.24. The number of carboxylic acid groups (broad SMARTS) is 1. The van der Waals surface area contributed by atoms with Crippen LogP contribution < -0.4 is 5.32 Å². The Labute approximate surface area is 122 Å². The molecule has 0 saturated heterocycles. The van der Waals surface area contributed by atoms with Crippen molar-refractivity contribution in [3.8, 4) is 0 Å². The third-order valence-corrected chi connectivity index (χ3v) is 3.24. The van der Waals surface area contributed by atoms with Crippen LogP contribution in [0.4, 0.5) is 11.4 Å². The molecule has 116 valence electrons. The summed E-state index contributed by atoms with van der Waals surface area (Å²) >= 11 is 0. The van der Waals surface area contributed by atoms with Crippen LogP contribution in [0.2, 0.25) is 0 Å². The van der Waals surface area contributed by atoms with Gasteiger partial charge in [-0.25, -0.2) is 4.79 Å². The van der Waals surface area contributed by atoms with E-state index in [9.17, 15) is 20.0 Å². The van der Waals surface area contributed by atoms with Gasteiger partial charge < -0.3 is 15.5 Å². The lowest BCUT2D eigenvalue weighted by atomic mass is 9.84. The Morgan fingerprint density at radius 3 is 2.48 bits per heavy atom. The minimum atomic E-state index is -1.16. The highest BCUT2D eigenvalue weighted by atomic mass is 16.6. The topological polar surface area (TPSA) is 113 Å². The molecule has 0 spiro atoms. The Balaban J connectivity index is 3.21. The Morgan fingerprint density at radius 2 is 2.05 bits per heavy atom. The van der Waals surface area contributed by atoms with E-state index in [1.54, 1.807) is 0 Å². The zero-order chi connectivity index (χ0) is 16.2. The van der Waals surface area contributed by atoms with Gasteiger partial charge in [-0.15, -0.1) is 0 Å². The molecule has 1 atom stereocenters. The SMILES string of the molecule is CC(C)(C)C(CCO)Nc1cc([N+](=O)[O-])ccc1C(=O)O. The van der Waals surface area contributed by atoms with Gasteiger partial charge in [0, 0.05) is 24.8 Å². The van der Waals surface area contributed by atoms with E-state index in [1.165, 1.54) is 12.1 Å². The minimum Gasteiger partial charge on any atom is -0.478 e. The van der Waals surface area contributed by atoms with Gasteiger partial charge in [0.15, 0.2) is 0 Å². The highest BCUT2D eigenvalue weighted by molar-refractivity contribution is 5.94. The van der Waals surface area contributed by atoms with Crippen molar-refractivity contribution in [2.24, 2.45) is 5.41 Å². The summed E-state index contributed by atoms with van der Waals surface area (Å²) in [6.07, 6.45) is 0.408. The fourth-order valence-corrected chi connectivity index (χ4v) is 1.99. The molecule has 0 fully saturated rings. The molecule has 0 bridgehead atoms. The molecule has 1 aromatic rings. The van der Waals surface area contributed by atoms with Gasteiger partial charge in [0.2, 0.25) is 0 Å². The number of aliphatic hydroxyl groups is 1. The molecule has 0 aliphatic heterocycles. The largest absolute Gasteiger partial charge is 0.478 e. The van der Waals surface area contributed by atoms with Crippen molar-refractivity contribution in [3.05, 3.63) is 33.9 Å². The minimum absolute atomic E-state index is 0.0345. The molecule has 1 rings (SSSR count). The maximum Gasteiger partial charge on any atom is 0.337 e. The molecule has 0 aliphatic rings. The quantitative estimate of drug-likeness (QED) is 0.549. The van der Waals surface area contributed by atoms with Crippen molar-refractivity contribution >= 4 is 17.3 Å². The van der Waals surface area contributed by atoms with Crippen LogP contribution in [-0.2, 0) is 0 Å². The Hall–Kier alpha value is -2.15. The maximum absolute atomic E-state index is 11.2. The zero-order valence-corrected chi connectivity index (χ0v) is 12.3. The van der Waals surface area contributed by atoms with Crippen LogP contribution in [0.5, 0.6) is 0 Å². The van der Waals surface area contributed by atoms with Crippen LogP contribution in [0.15, 0.2) is 18.2 Å². The number of aliphatic hydroxyl groups excluding tert-OH is 1. The van der Waals surface area contributed by atoms with E-state index >= 15 is 0 Å². The summed E-state index contributed by atoms with van der Waals surface area (Å²) in [6.45, 7) is 5.76. The number of hydrogen-bond donors (Lipinski definition) is 3. The van der Waals surface area contributed by atoms with Crippen molar-refractivity contribution in [2.45, 2.75) is 33.2 Å². The number of non-ortho nitro benzene ring substituents is 1. The second-order valence-corrected chi connectivity index (χ2v) is 5.87. The number of nitro groups is 1. The number of benzene rings is 1. The molecule has 1 aromatic carbocycles. The first-order chi connectivity index (χ1) is 9.66. The highest BCUT2D eigenvalue weighted by Gasteiger charge is 2.26. The fourth-order valence-electron chi connectivity index (χ4n) is 1.99. The van der Waals surface area contributed by atoms with E-state index in [2.05, 4.69) is 5.32 Å². The van der Waals surface area contributed by atoms with Crippen LogP contribution in [0.1, 0.15) is 37.6 Å². The smallest absolute Gasteiger partial charge is 0.337 e. The van der Waals surface area contributed by atoms with Crippen LogP contribution in [-0.4, -0.2) is 33.8 Å². The molecule has 0 aromatic heterocycles. The van der Waals surface area contributed by atoms with E-state index in [-0.39, 0.29) is 35.0 Å². The van der Waals surface area contributed by atoms with Crippen molar-refractivity contribution in [2.75, 3.05) is 11.9 Å². The third kappa shape index (κ3) is 4.42. The van der Waals surface area contributed by atoms with Gasteiger partial charge in [-0.2, -0.15) is 0 Å². The summed E-state index contributed by atoms with van der Waals surface area (Å²) < 4.78 is 0. The second kappa shape index (κ2) is 6.53. The second-order valence-electron chi connectivity index (χ2n) is 5.87. The molecule has 7 heteroatoms. The lowest BCUT2D eigenvalue weighted by Gasteiger charge is -2.32. The summed E-state index contributed by atoms with van der Waals surface area (Å²) in [6, 6.07) is 3.36. The number of nitrogens with one attached hydrogen (secondary N) is 1. The van der Waals surface area contributed by atoms with Gasteiger partial charge >= 0.3 is 5.97 Å². The van der Waals surface area contributed by atoms with E-state index in [0.29, 0.717) is 6.42 Å². The summed E-state index contributed by atoms with van der Waals surface area (Å²) in [5.74, 6) is -1.16. The molecular formula is C14H20N2O5. The van der Waals surface area contributed by atoms with Crippen LogP contribution >= 0.6 is 0 Å². The first kappa shape index (κ1) is 16.9. The molecule has 0 saturated carbocycles. The van der Waals surface area contributed by atoms with Gasteiger partial charge in [0.25, 0.3) is 5.69 Å². The number of nitrogens with zero attached hydrogens (tertiary/aromatic N) is 1. The summed E-state index contributed by atoms with van der Waals surface area (Å²) in [5, 5.41) is 32.2. The van der Waals surface area contributed by atoms with Gasteiger partial charge in [-0.3, -0.25) is 10.1 Å². The molecule has 0 amide bonds. The number of aromatic carboxylic acids is 1. The molecule has 3 N–H and O–H groups in total. The van der Waals surface area contributed by atoms with Gasteiger partial charge in [0.1, 0.15) is 0 Å². The first-order valence-corrected chi connectivity index (χ1v) is 6.56. The van der Waals surface area contributed by atoms with E-state index in [4.69, 9.17) is 5.11 Å². The van der Waals surface area contributed by atoms with E-state index < -0.39 is 10.9 Å². The molecule has 0 heterocycles. The van der Waals surface area contributed by atoms with Gasteiger partial charge in [-0.05, 0) is 17.9 Å². The molecule has 1 unspecified atom stereocenters. The number of hydrogen-bond acceptors (Lipinski definition) is 5. The number of carboxylic acids is 1. The van der Waals surface area contributed by atoms with E-state index in [1.807, 2.05) is 20.8 Å². The van der Waals surface area contributed by atoms with Gasteiger partial charge in [0.05, 0.1) is 16.2 Å². The molecule has 0 aliphatic carbocycles. The van der Waals surface area contributed by atoms with Crippen molar-refractivity contribution in [1.29, 1.82) is 0 Å². The highest BCUT2D eigenvalue weighted by Crippen LogP contribution is 2.29. The maximum atomic E-state index is 11.2. The predicted octanol–water partition coefficient (Wildman–Crippen LogP) is 2.50. The summed E-state index contributed by atoms with van der Waals surface area (Å²) in [5.41, 5.74) is -0.277. The molecule has 7 nitrogen and oxygen atoms in total. The normalized spacial score (nSPS) is 12.8. The lowest BCUT2D eigenvalue weighted by Crippen LogP contribution is -2.35. The summed E-state index contributed by atoms with van der Waals surface area (Å²) in [7, 11) is 0. The average Bonchev–Trinajstić information content (AvgIpc) is 2.36. The zero-order valence-electron chi connectivity index (χ0n) is 12.3. The lowest BCUT2D eigenvalue weighted by molar-refractivity contribution is -0.384.